The lowest BCUT2D eigenvalue weighted by atomic mass is 10.0. The Bertz CT molecular complexity index is 2000. The van der Waals surface area contributed by atoms with Crippen LogP contribution in [0.25, 0.3) is 16.6 Å². The number of aromatic amines is 1. The van der Waals surface area contributed by atoms with Crippen molar-refractivity contribution in [3.8, 4) is 23.1 Å². The number of alkyl halides is 2. The van der Waals surface area contributed by atoms with Gasteiger partial charge < -0.3 is 29.8 Å². The molecule has 0 aliphatic carbocycles. The highest BCUT2D eigenvalue weighted by molar-refractivity contribution is 6.12. The number of hydrogen-bond donors (Lipinski definition) is 2. The van der Waals surface area contributed by atoms with E-state index in [0.717, 1.165) is 64.4 Å². The Labute approximate surface area is 284 Å². The maximum Gasteiger partial charge on any atom is 0.272 e. The largest absolute Gasteiger partial charge is 0.485 e. The minimum atomic E-state index is -2.65. The second kappa shape index (κ2) is 14.0. The Hall–Kier alpha value is -5.15. The minimum absolute atomic E-state index is 0.0390. The molecule has 0 spiro atoms. The van der Waals surface area contributed by atoms with Crippen LogP contribution in [0.3, 0.4) is 0 Å². The summed E-state index contributed by atoms with van der Waals surface area (Å²) >= 11 is 0. The van der Waals surface area contributed by atoms with Gasteiger partial charge in [0.2, 0.25) is 17.4 Å². The number of hydrogen-bond acceptors (Lipinski definition) is 9. The Morgan fingerprint density at radius 3 is 2.48 bits per heavy atom. The number of piperidine rings is 1. The summed E-state index contributed by atoms with van der Waals surface area (Å²) < 4.78 is 72.4. The number of para-hydroxylation sites is 1. The molecule has 0 radical (unpaired) electrons. The lowest BCUT2D eigenvalue weighted by Crippen LogP contribution is -2.49. The summed E-state index contributed by atoms with van der Waals surface area (Å²) in [6, 6.07) is 10.4. The lowest BCUT2D eigenvalue weighted by Gasteiger charge is -2.41. The summed E-state index contributed by atoms with van der Waals surface area (Å²) in [5.74, 6) is -2.45. The van der Waals surface area contributed by atoms with E-state index in [1.165, 1.54) is 29.2 Å². The number of H-pyrrole nitrogens is 1. The number of aryl methyl sites for hydroxylation is 1. The summed E-state index contributed by atoms with van der Waals surface area (Å²) in [6.45, 7) is 5.66. The predicted octanol–water partition coefficient (Wildman–Crippen LogP) is 5.89. The number of aromatic nitrogens is 4. The number of rotatable bonds is 10. The Kier molecular flexibility index (Phi) is 9.33. The van der Waals surface area contributed by atoms with Crippen LogP contribution >= 0.6 is 0 Å². The minimum Gasteiger partial charge on any atom is -0.485 e. The number of halogens is 4. The van der Waals surface area contributed by atoms with E-state index in [2.05, 4.69) is 24.9 Å². The number of nitrogens with one attached hydrogen (secondary N) is 1. The number of benzene rings is 2. The van der Waals surface area contributed by atoms with E-state index in [4.69, 9.17) is 19.9 Å². The molecule has 0 atom stereocenters. The molecule has 3 N–H and O–H groups in total. The number of morpholine rings is 1. The quantitative estimate of drug-likeness (QED) is 0.136. The van der Waals surface area contributed by atoms with Crippen molar-refractivity contribution in [2.24, 2.45) is 0 Å². The van der Waals surface area contributed by atoms with Crippen LogP contribution in [0.1, 0.15) is 34.5 Å². The molecule has 15 heteroatoms. The first-order valence-corrected chi connectivity index (χ1v) is 16.3. The summed E-state index contributed by atoms with van der Waals surface area (Å²) in [5, 5.41) is 4.92. The molecule has 0 saturated carbocycles. The number of nitrogens with zero attached hydrogens (tertiary/aromatic N) is 5. The number of fused-ring (bicyclic) bond motifs is 1. The average molecular weight is 694 g/mol. The molecule has 11 nitrogen and oxygen atoms in total. The van der Waals surface area contributed by atoms with E-state index in [9.17, 15) is 22.4 Å². The maximum absolute atomic E-state index is 14.1. The highest BCUT2D eigenvalue weighted by atomic mass is 19.3. The molecule has 0 unspecified atom stereocenters. The van der Waals surface area contributed by atoms with Crippen LogP contribution in [-0.4, -0.2) is 88.9 Å². The van der Waals surface area contributed by atoms with Gasteiger partial charge in [0, 0.05) is 49.2 Å². The van der Waals surface area contributed by atoms with Crippen molar-refractivity contribution < 1.29 is 36.6 Å². The van der Waals surface area contributed by atoms with Crippen LogP contribution in [0, 0.1) is 18.6 Å². The highest BCUT2D eigenvalue weighted by Crippen LogP contribution is 2.37. The number of pyridine rings is 1. The fraction of sp³-hybridized carbons (Fsp3) is 0.343. The highest BCUT2D eigenvalue weighted by Gasteiger charge is 2.28. The van der Waals surface area contributed by atoms with E-state index in [-0.39, 0.29) is 23.0 Å². The Morgan fingerprint density at radius 2 is 1.78 bits per heavy atom. The van der Waals surface area contributed by atoms with Crippen molar-refractivity contribution in [2.75, 3.05) is 56.6 Å². The van der Waals surface area contributed by atoms with Gasteiger partial charge in [-0.1, -0.05) is 6.07 Å². The average Bonchev–Trinajstić information content (AvgIpc) is 3.71. The summed E-state index contributed by atoms with van der Waals surface area (Å²) in [4.78, 5) is 25.6. The second-order valence-corrected chi connectivity index (χ2v) is 12.3. The van der Waals surface area contributed by atoms with Gasteiger partial charge in [0.25, 0.3) is 6.43 Å². The van der Waals surface area contributed by atoms with Crippen LogP contribution in [-0.2, 0) is 4.74 Å². The van der Waals surface area contributed by atoms with Crippen molar-refractivity contribution in [1.82, 2.24) is 24.6 Å². The Balaban J connectivity index is 1.12. The van der Waals surface area contributed by atoms with Crippen LogP contribution in [0.2, 0.25) is 0 Å². The smallest absolute Gasteiger partial charge is 0.272 e. The zero-order valence-electron chi connectivity index (χ0n) is 27.2. The van der Waals surface area contributed by atoms with Crippen molar-refractivity contribution in [1.29, 1.82) is 0 Å². The van der Waals surface area contributed by atoms with Gasteiger partial charge in [-0.25, -0.2) is 27.2 Å². The first-order chi connectivity index (χ1) is 24.2. The standard InChI is InChI=1S/C35H35F4N7O4/c1-20-13-32(50-34-24(36)3-2-4-25(34)37)41-18-29(20)46-35(40)23(17-42-46)33(47)27-14-21-15-30(49-19-31(38)39)28(16-26(21)43-27)45-7-5-22(6-8-45)44-9-11-48-12-10-44/h2-4,13-18,22,31,43H,5-12,19,40H2,1H3. The predicted molar refractivity (Wildman–Crippen MR) is 178 cm³/mol. The summed E-state index contributed by atoms with van der Waals surface area (Å²) in [5.41, 5.74) is 9.05. The molecule has 2 aromatic carbocycles. The van der Waals surface area contributed by atoms with Crippen LogP contribution < -0.4 is 20.1 Å². The van der Waals surface area contributed by atoms with Crippen LogP contribution in [0.5, 0.6) is 17.4 Å². The number of nitrogens with two attached hydrogens (primary N) is 1. The number of anilines is 2. The third kappa shape index (κ3) is 6.70. The topological polar surface area (TPSA) is 124 Å². The van der Waals surface area contributed by atoms with E-state index in [1.807, 2.05) is 6.07 Å². The van der Waals surface area contributed by atoms with Crippen molar-refractivity contribution in [3.63, 3.8) is 0 Å². The fourth-order valence-electron chi connectivity index (χ4n) is 6.56. The van der Waals surface area contributed by atoms with Crippen molar-refractivity contribution >= 4 is 28.2 Å². The third-order valence-corrected chi connectivity index (χ3v) is 9.14. The normalized spacial score (nSPS) is 16.0. The molecule has 3 aromatic heterocycles. The molecule has 0 amide bonds. The molecule has 2 saturated heterocycles. The number of ketones is 1. The summed E-state index contributed by atoms with van der Waals surface area (Å²) in [7, 11) is 0. The SMILES string of the molecule is Cc1cc(Oc2c(F)cccc2F)ncc1-n1ncc(C(=O)c2cc3cc(OCC(F)F)c(N4CCC(N5CCOCC5)CC4)cc3[nH]2)c1N. The van der Waals surface area contributed by atoms with Gasteiger partial charge in [0.15, 0.2) is 11.6 Å². The van der Waals surface area contributed by atoms with E-state index in [0.29, 0.717) is 39.6 Å². The van der Waals surface area contributed by atoms with E-state index < -0.39 is 36.2 Å². The zero-order valence-corrected chi connectivity index (χ0v) is 27.2. The fourth-order valence-corrected chi connectivity index (χ4v) is 6.56. The Morgan fingerprint density at radius 1 is 1.04 bits per heavy atom. The van der Waals surface area contributed by atoms with Gasteiger partial charge in [0.1, 0.15) is 18.2 Å². The number of carbonyl (C=O) groups excluding carboxylic acids is 1. The van der Waals surface area contributed by atoms with Gasteiger partial charge in [-0.2, -0.15) is 5.10 Å². The molecule has 0 bridgehead atoms. The van der Waals surface area contributed by atoms with Crippen molar-refractivity contribution in [2.45, 2.75) is 32.2 Å². The molecule has 2 fully saturated rings. The van der Waals surface area contributed by atoms with E-state index in [1.54, 1.807) is 19.1 Å². The zero-order chi connectivity index (χ0) is 34.9. The number of nitrogen functional groups attached to an aromatic ring is 1. The molecular weight excluding hydrogens is 658 g/mol. The van der Waals surface area contributed by atoms with Crippen molar-refractivity contribution in [3.05, 3.63) is 83.3 Å². The lowest BCUT2D eigenvalue weighted by molar-refractivity contribution is 0.0114. The van der Waals surface area contributed by atoms with Gasteiger partial charge in [-0.15, -0.1) is 0 Å². The first-order valence-electron chi connectivity index (χ1n) is 16.3. The molecule has 262 valence electrons. The molecule has 5 heterocycles. The molecule has 7 rings (SSSR count). The molecule has 2 aliphatic rings. The second-order valence-electron chi connectivity index (χ2n) is 12.3. The maximum atomic E-state index is 14.1. The van der Waals surface area contributed by atoms with Crippen LogP contribution in [0.4, 0.5) is 29.1 Å². The van der Waals surface area contributed by atoms with Crippen LogP contribution in [0.15, 0.2) is 54.9 Å². The number of carbonyl (C=O) groups is 1. The van der Waals surface area contributed by atoms with Gasteiger partial charge in [-0.3, -0.25) is 9.69 Å². The third-order valence-electron chi connectivity index (χ3n) is 9.14. The molecular formula is C35H35F4N7O4. The van der Waals surface area contributed by atoms with Gasteiger partial charge >= 0.3 is 0 Å². The summed E-state index contributed by atoms with van der Waals surface area (Å²) in [6.07, 6.45) is 1.89. The first kappa shape index (κ1) is 33.4. The molecule has 50 heavy (non-hydrogen) atoms. The molecule has 2 aliphatic heterocycles. The molecule has 5 aromatic rings. The van der Waals surface area contributed by atoms with E-state index >= 15 is 0 Å². The van der Waals surface area contributed by atoms with Gasteiger partial charge in [0.05, 0.1) is 48.2 Å². The van der Waals surface area contributed by atoms with Gasteiger partial charge in [-0.05, 0) is 55.7 Å². The monoisotopic (exact) mass is 693 g/mol. The number of ether oxygens (including phenoxy) is 3.